The fourth-order valence-corrected chi connectivity index (χ4v) is 2.31. The molecule has 1 aliphatic heterocycles. The van der Waals surface area contributed by atoms with Crippen molar-refractivity contribution in [1.29, 1.82) is 0 Å². The Morgan fingerprint density at radius 3 is 2.00 bits per heavy atom. The van der Waals surface area contributed by atoms with Crippen LogP contribution in [0, 0.1) is 11.8 Å². The zero-order valence-electron chi connectivity index (χ0n) is 7.53. The van der Waals surface area contributed by atoms with Crippen molar-refractivity contribution < 1.29 is 9.59 Å². The first-order valence-corrected chi connectivity index (χ1v) is 4.82. The van der Waals surface area contributed by atoms with Gasteiger partial charge in [-0.3, -0.25) is 9.59 Å². The summed E-state index contributed by atoms with van der Waals surface area (Å²) in [5.74, 6) is 5.08. The minimum Gasteiger partial charge on any atom is -0.273 e. The molecule has 4 heteroatoms. The molecule has 2 bridgehead atoms. The van der Waals surface area contributed by atoms with Crippen LogP contribution < -0.4 is 5.84 Å². The van der Waals surface area contributed by atoms with E-state index in [2.05, 4.69) is 0 Å². The standard InChI is InChI=1S/C9H14N2O2/c10-11-8(12)6-3-1-2-4-7(5-6)9(11)13/h6-7H,1-5,10H2. The maximum Gasteiger partial charge on any atom is 0.246 e. The molecular weight excluding hydrogens is 168 g/mol. The number of carbonyl (C=O) groups excluding carboxylic acids is 2. The molecule has 0 aromatic heterocycles. The van der Waals surface area contributed by atoms with Crippen LogP contribution in [0.5, 0.6) is 0 Å². The molecule has 1 aliphatic carbocycles. The molecule has 0 aromatic carbocycles. The highest BCUT2D eigenvalue weighted by Crippen LogP contribution is 2.33. The molecule has 0 radical (unpaired) electrons. The van der Waals surface area contributed by atoms with Crippen LogP contribution in [0.2, 0.25) is 0 Å². The van der Waals surface area contributed by atoms with Gasteiger partial charge in [-0.2, -0.15) is 0 Å². The summed E-state index contributed by atoms with van der Waals surface area (Å²) in [6.07, 6.45) is 4.63. The van der Waals surface area contributed by atoms with Crippen molar-refractivity contribution >= 4 is 11.8 Å². The molecular formula is C9H14N2O2. The zero-order valence-corrected chi connectivity index (χ0v) is 7.53. The van der Waals surface area contributed by atoms with Crippen LogP contribution in [0.25, 0.3) is 0 Å². The van der Waals surface area contributed by atoms with Gasteiger partial charge in [0.15, 0.2) is 0 Å². The SMILES string of the molecule is NN1C(=O)C2CCCCC(C2)C1=O. The van der Waals surface area contributed by atoms with Crippen LogP contribution in [0.15, 0.2) is 0 Å². The number of rotatable bonds is 0. The normalized spacial score (nSPS) is 34.7. The highest BCUT2D eigenvalue weighted by atomic mass is 16.2. The summed E-state index contributed by atoms with van der Waals surface area (Å²) in [6, 6.07) is 0. The number of imide groups is 1. The van der Waals surface area contributed by atoms with Gasteiger partial charge in [-0.25, -0.2) is 10.9 Å². The van der Waals surface area contributed by atoms with Crippen LogP contribution in [-0.2, 0) is 9.59 Å². The molecule has 2 rings (SSSR count). The fraction of sp³-hybridized carbons (Fsp3) is 0.778. The van der Waals surface area contributed by atoms with Crippen molar-refractivity contribution in [3.63, 3.8) is 0 Å². The maximum atomic E-state index is 11.5. The Kier molecular flexibility index (Phi) is 2.07. The highest BCUT2D eigenvalue weighted by Gasteiger charge is 2.40. The van der Waals surface area contributed by atoms with E-state index in [1.165, 1.54) is 0 Å². The zero-order chi connectivity index (χ0) is 9.42. The summed E-state index contributed by atoms with van der Waals surface area (Å²) in [4.78, 5) is 23.0. The number of fused-ring (bicyclic) bond motifs is 2. The van der Waals surface area contributed by atoms with E-state index in [1.54, 1.807) is 0 Å². The van der Waals surface area contributed by atoms with E-state index in [9.17, 15) is 9.59 Å². The van der Waals surface area contributed by atoms with E-state index in [0.717, 1.165) is 37.1 Å². The van der Waals surface area contributed by atoms with Crippen LogP contribution in [-0.4, -0.2) is 16.8 Å². The lowest BCUT2D eigenvalue weighted by atomic mass is 9.88. The minimum atomic E-state index is -0.178. The van der Waals surface area contributed by atoms with Crippen molar-refractivity contribution in [2.24, 2.45) is 17.7 Å². The van der Waals surface area contributed by atoms with Gasteiger partial charge in [0.2, 0.25) is 11.8 Å². The Bertz CT molecular complexity index is 228. The third-order valence-corrected chi connectivity index (χ3v) is 3.10. The van der Waals surface area contributed by atoms with Crippen LogP contribution in [0.1, 0.15) is 32.1 Å². The Labute approximate surface area is 77.0 Å². The first-order chi connectivity index (χ1) is 6.20. The van der Waals surface area contributed by atoms with E-state index in [-0.39, 0.29) is 23.7 Å². The number of hydrogen-bond acceptors (Lipinski definition) is 3. The van der Waals surface area contributed by atoms with E-state index in [1.807, 2.05) is 0 Å². The molecule has 2 fully saturated rings. The lowest BCUT2D eigenvalue weighted by Gasteiger charge is -2.30. The number of piperidine rings is 1. The molecule has 0 spiro atoms. The van der Waals surface area contributed by atoms with Crippen molar-refractivity contribution in [2.75, 3.05) is 0 Å². The smallest absolute Gasteiger partial charge is 0.246 e. The van der Waals surface area contributed by atoms with Crippen LogP contribution in [0.3, 0.4) is 0 Å². The van der Waals surface area contributed by atoms with Gasteiger partial charge in [0.05, 0.1) is 0 Å². The molecule has 13 heavy (non-hydrogen) atoms. The molecule has 4 nitrogen and oxygen atoms in total. The van der Waals surface area contributed by atoms with Gasteiger partial charge in [0, 0.05) is 11.8 Å². The van der Waals surface area contributed by atoms with Crippen molar-refractivity contribution in [2.45, 2.75) is 32.1 Å². The van der Waals surface area contributed by atoms with Gasteiger partial charge in [-0.15, -0.1) is 0 Å². The number of hydrazine groups is 1. The fourth-order valence-electron chi connectivity index (χ4n) is 2.31. The first kappa shape index (κ1) is 8.69. The molecule has 72 valence electrons. The summed E-state index contributed by atoms with van der Waals surface area (Å²) >= 11 is 0. The first-order valence-electron chi connectivity index (χ1n) is 4.82. The van der Waals surface area contributed by atoms with E-state index in [4.69, 9.17) is 5.84 Å². The number of nitrogens with zero attached hydrogens (tertiary/aromatic N) is 1. The highest BCUT2D eigenvalue weighted by molar-refractivity contribution is 5.99. The average molecular weight is 182 g/mol. The molecule has 2 unspecified atom stereocenters. The van der Waals surface area contributed by atoms with E-state index < -0.39 is 0 Å². The Morgan fingerprint density at radius 2 is 1.54 bits per heavy atom. The molecule has 1 heterocycles. The average Bonchev–Trinajstić information content (AvgIpc) is 2.36. The quantitative estimate of drug-likeness (QED) is 0.335. The second-order valence-electron chi connectivity index (χ2n) is 3.96. The number of amides is 2. The summed E-state index contributed by atoms with van der Waals surface area (Å²) < 4.78 is 0. The lowest BCUT2D eigenvalue weighted by molar-refractivity contribution is -0.155. The van der Waals surface area contributed by atoms with Crippen LogP contribution in [0.4, 0.5) is 0 Å². The predicted molar refractivity (Wildman–Crippen MR) is 46.1 cm³/mol. The predicted octanol–water partition coefficient (Wildman–Crippen LogP) is 0.425. The Balaban J connectivity index is 2.23. The van der Waals surface area contributed by atoms with Crippen molar-refractivity contribution in [3.8, 4) is 0 Å². The summed E-state index contributed by atoms with van der Waals surface area (Å²) in [6.45, 7) is 0. The maximum absolute atomic E-state index is 11.5. The Hall–Kier alpha value is -0.900. The number of hydrogen-bond donors (Lipinski definition) is 1. The molecule has 1 saturated carbocycles. The van der Waals surface area contributed by atoms with Gasteiger partial charge in [-0.05, 0) is 19.3 Å². The molecule has 2 N–H and O–H groups in total. The molecule has 0 aromatic rings. The monoisotopic (exact) mass is 182 g/mol. The number of nitrogens with two attached hydrogens (primary N) is 1. The van der Waals surface area contributed by atoms with E-state index in [0.29, 0.717) is 0 Å². The third kappa shape index (κ3) is 1.35. The van der Waals surface area contributed by atoms with Crippen molar-refractivity contribution in [3.05, 3.63) is 0 Å². The van der Waals surface area contributed by atoms with Gasteiger partial charge in [0.25, 0.3) is 0 Å². The topological polar surface area (TPSA) is 63.4 Å². The van der Waals surface area contributed by atoms with Crippen molar-refractivity contribution in [1.82, 2.24) is 5.01 Å². The molecule has 1 saturated heterocycles. The third-order valence-electron chi connectivity index (χ3n) is 3.10. The minimum absolute atomic E-state index is 0.00944. The Morgan fingerprint density at radius 1 is 1.08 bits per heavy atom. The van der Waals surface area contributed by atoms with Crippen LogP contribution >= 0.6 is 0 Å². The van der Waals surface area contributed by atoms with Gasteiger partial charge >= 0.3 is 0 Å². The summed E-state index contributed by atoms with van der Waals surface area (Å²) in [5, 5.41) is 0.837. The lowest BCUT2D eigenvalue weighted by Crippen LogP contribution is -2.52. The van der Waals surface area contributed by atoms with E-state index >= 15 is 0 Å². The van der Waals surface area contributed by atoms with Gasteiger partial charge < -0.3 is 0 Å². The molecule has 2 atom stereocenters. The van der Waals surface area contributed by atoms with Gasteiger partial charge in [-0.1, -0.05) is 12.8 Å². The summed E-state index contributed by atoms with van der Waals surface area (Å²) in [7, 11) is 0. The largest absolute Gasteiger partial charge is 0.273 e. The number of carbonyl (C=O) groups is 2. The van der Waals surface area contributed by atoms with Gasteiger partial charge in [0.1, 0.15) is 0 Å². The second-order valence-corrected chi connectivity index (χ2v) is 3.96. The molecule has 2 amide bonds. The molecule has 2 aliphatic rings. The second kappa shape index (κ2) is 3.10. The summed E-state index contributed by atoms with van der Waals surface area (Å²) in [5.41, 5.74) is 0.